The van der Waals surface area contributed by atoms with Gasteiger partial charge < -0.3 is 10.2 Å². The second kappa shape index (κ2) is 9.35. The number of hydrogen-bond donors (Lipinski definition) is 1. The zero-order chi connectivity index (χ0) is 17.5. The highest BCUT2D eigenvalue weighted by Crippen LogP contribution is 2.23. The number of rotatable bonds is 6. The van der Waals surface area contributed by atoms with Crippen molar-refractivity contribution in [3.8, 4) is 0 Å². The summed E-state index contributed by atoms with van der Waals surface area (Å²) < 4.78 is 0. The number of nitrogens with zero attached hydrogens (tertiary/aromatic N) is 2. The fourth-order valence-electron chi connectivity index (χ4n) is 4.21. The minimum absolute atomic E-state index is 0.185. The number of aryl methyl sites for hydroxylation is 1. The van der Waals surface area contributed by atoms with Crippen molar-refractivity contribution in [3.63, 3.8) is 0 Å². The Morgan fingerprint density at radius 1 is 1.12 bits per heavy atom. The van der Waals surface area contributed by atoms with E-state index in [9.17, 15) is 4.79 Å². The van der Waals surface area contributed by atoms with Gasteiger partial charge >= 0.3 is 0 Å². The third kappa shape index (κ3) is 5.55. The van der Waals surface area contributed by atoms with Gasteiger partial charge in [0.15, 0.2) is 0 Å². The third-order valence-electron chi connectivity index (χ3n) is 5.81. The van der Waals surface area contributed by atoms with Crippen LogP contribution in [0.2, 0.25) is 0 Å². The van der Waals surface area contributed by atoms with E-state index in [1.54, 1.807) is 0 Å². The van der Waals surface area contributed by atoms with E-state index in [-0.39, 0.29) is 11.8 Å². The maximum absolute atomic E-state index is 12.5. The van der Waals surface area contributed by atoms with Crippen LogP contribution in [0.4, 0.5) is 0 Å². The molecule has 2 heterocycles. The molecule has 25 heavy (non-hydrogen) atoms. The van der Waals surface area contributed by atoms with Crippen molar-refractivity contribution in [1.29, 1.82) is 0 Å². The first kappa shape index (κ1) is 18.4. The first-order valence-electron chi connectivity index (χ1n) is 9.96. The molecule has 0 aromatic heterocycles. The molecule has 4 nitrogen and oxygen atoms in total. The molecule has 0 saturated carbocycles. The summed E-state index contributed by atoms with van der Waals surface area (Å²) in [6, 6.07) is 11.2. The van der Waals surface area contributed by atoms with Gasteiger partial charge in [0.2, 0.25) is 5.91 Å². The van der Waals surface area contributed by atoms with Gasteiger partial charge in [0.05, 0.1) is 5.92 Å². The molecular formula is C21H33N3O. The maximum Gasteiger partial charge on any atom is 0.224 e. The molecular weight excluding hydrogens is 310 g/mol. The van der Waals surface area contributed by atoms with Crippen LogP contribution in [0.3, 0.4) is 0 Å². The highest BCUT2D eigenvalue weighted by Gasteiger charge is 2.30. The Morgan fingerprint density at radius 2 is 1.88 bits per heavy atom. The van der Waals surface area contributed by atoms with Crippen LogP contribution in [0.15, 0.2) is 30.3 Å². The third-order valence-corrected chi connectivity index (χ3v) is 5.81. The molecule has 138 valence electrons. The van der Waals surface area contributed by atoms with Crippen molar-refractivity contribution < 1.29 is 4.79 Å². The Labute approximate surface area is 152 Å². The van der Waals surface area contributed by atoms with Crippen LogP contribution in [-0.4, -0.2) is 61.5 Å². The minimum Gasteiger partial charge on any atom is -0.356 e. The molecule has 0 bridgehead atoms. The van der Waals surface area contributed by atoms with Crippen LogP contribution in [-0.2, 0) is 11.2 Å². The number of carbonyl (C=O) groups is 1. The monoisotopic (exact) mass is 343 g/mol. The smallest absolute Gasteiger partial charge is 0.224 e. The lowest BCUT2D eigenvalue weighted by molar-refractivity contribution is -0.127. The molecule has 1 unspecified atom stereocenters. The Balaban J connectivity index is 1.38. The average molecular weight is 344 g/mol. The Morgan fingerprint density at radius 3 is 2.64 bits per heavy atom. The normalized spacial score (nSPS) is 23.5. The van der Waals surface area contributed by atoms with Gasteiger partial charge in [0.25, 0.3) is 0 Å². The van der Waals surface area contributed by atoms with Gasteiger partial charge in [-0.05, 0) is 70.8 Å². The van der Waals surface area contributed by atoms with Gasteiger partial charge in [-0.25, -0.2) is 0 Å². The van der Waals surface area contributed by atoms with Crippen molar-refractivity contribution in [1.82, 2.24) is 15.1 Å². The zero-order valence-electron chi connectivity index (χ0n) is 15.6. The second-order valence-corrected chi connectivity index (χ2v) is 7.75. The van der Waals surface area contributed by atoms with Crippen LogP contribution in [0.1, 0.15) is 37.7 Å². The van der Waals surface area contributed by atoms with E-state index in [0.29, 0.717) is 6.04 Å². The molecule has 1 aromatic carbocycles. The molecule has 1 N–H and O–H groups in total. The quantitative estimate of drug-likeness (QED) is 0.806. The minimum atomic E-state index is 0.185. The maximum atomic E-state index is 12.5. The number of benzene rings is 1. The van der Waals surface area contributed by atoms with Gasteiger partial charge in [0.1, 0.15) is 0 Å². The summed E-state index contributed by atoms with van der Waals surface area (Å²) in [6.45, 7) is 5.30. The van der Waals surface area contributed by atoms with E-state index in [2.05, 4.69) is 46.4 Å². The first-order valence-corrected chi connectivity index (χ1v) is 9.96. The average Bonchev–Trinajstić information content (AvgIpc) is 2.66. The summed E-state index contributed by atoms with van der Waals surface area (Å²) in [4.78, 5) is 17.5. The highest BCUT2D eigenvalue weighted by atomic mass is 16.1. The summed E-state index contributed by atoms with van der Waals surface area (Å²) in [5.74, 6) is 0.454. The largest absolute Gasteiger partial charge is 0.356 e. The number of nitrogens with one attached hydrogen (secondary N) is 1. The molecule has 2 aliphatic rings. The van der Waals surface area contributed by atoms with Gasteiger partial charge in [-0.3, -0.25) is 9.69 Å². The van der Waals surface area contributed by atoms with Crippen LogP contribution < -0.4 is 5.32 Å². The molecule has 2 saturated heterocycles. The predicted molar refractivity (Wildman–Crippen MR) is 103 cm³/mol. The van der Waals surface area contributed by atoms with Gasteiger partial charge in [0, 0.05) is 19.1 Å². The summed E-state index contributed by atoms with van der Waals surface area (Å²) in [5.41, 5.74) is 1.35. The Kier molecular flexibility index (Phi) is 6.88. The lowest BCUT2D eigenvalue weighted by atomic mass is 9.93. The highest BCUT2D eigenvalue weighted by molar-refractivity contribution is 5.78. The molecule has 0 aliphatic carbocycles. The molecule has 1 aromatic rings. The fraction of sp³-hybridized carbons (Fsp3) is 0.667. The van der Waals surface area contributed by atoms with E-state index in [0.717, 1.165) is 38.8 Å². The number of carbonyl (C=O) groups excluding carboxylic acids is 1. The number of likely N-dealkylation sites (tertiary alicyclic amines) is 2. The van der Waals surface area contributed by atoms with E-state index >= 15 is 0 Å². The van der Waals surface area contributed by atoms with E-state index in [1.165, 1.54) is 38.0 Å². The Bertz CT molecular complexity index is 525. The lowest BCUT2D eigenvalue weighted by Gasteiger charge is -2.41. The van der Waals surface area contributed by atoms with Crippen molar-refractivity contribution in [2.24, 2.45) is 5.92 Å². The van der Waals surface area contributed by atoms with Crippen molar-refractivity contribution in [2.45, 2.75) is 44.6 Å². The molecule has 0 spiro atoms. The van der Waals surface area contributed by atoms with Crippen molar-refractivity contribution >= 4 is 5.91 Å². The van der Waals surface area contributed by atoms with E-state index in [1.807, 2.05) is 6.07 Å². The zero-order valence-corrected chi connectivity index (χ0v) is 15.6. The van der Waals surface area contributed by atoms with E-state index in [4.69, 9.17) is 0 Å². The molecule has 2 fully saturated rings. The van der Waals surface area contributed by atoms with Gasteiger partial charge in [-0.1, -0.05) is 30.3 Å². The fourth-order valence-corrected chi connectivity index (χ4v) is 4.21. The molecule has 4 heteroatoms. The lowest BCUT2D eigenvalue weighted by Crippen LogP contribution is -2.50. The SMILES string of the molecule is CN1CCC(N2CCCC(C(=O)NCCCc3ccccc3)C2)CC1. The van der Waals surface area contributed by atoms with Crippen LogP contribution >= 0.6 is 0 Å². The van der Waals surface area contributed by atoms with Crippen molar-refractivity contribution in [3.05, 3.63) is 35.9 Å². The molecule has 1 atom stereocenters. The molecule has 2 aliphatic heterocycles. The number of amides is 1. The van der Waals surface area contributed by atoms with Gasteiger partial charge in [-0.15, -0.1) is 0 Å². The molecule has 1 amide bonds. The van der Waals surface area contributed by atoms with Gasteiger partial charge in [-0.2, -0.15) is 0 Å². The second-order valence-electron chi connectivity index (χ2n) is 7.75. The standard InChI is InChI=1S/C21H33N3O/c1-23-15-11-20(12-16-23)24-14-6-10-19(17-24)21(25)22-13-5-9-18-7-3-2-4-8-18/h2-4,7-8,19-20H,5-6,9-17H2,1H3,(H,22,25). The number of hydrogen-bond acceptors (Lipinski definition) is 3. The number of piperidine rings is 2. The summed E-state index contributed by atoms with van der Waals surface area (Å²) >= 11 is 0. The summed E-state index contributed by atoms with van der Waals surface area (Å²) in [5, 5.41) is 3.18. The summed E-state index contributed by atoms with van der Waals surface area (Å²) in [6.07, 6.45) is 6.76. The van der Waals surface area contributed by atoms with E-state index < -0.39 is 0 Å². The molecule has 3 rings (SSSR count). The van der Waals surface area contributed by atoms with Crippen LogP contribution in [0.5, 0.6) is 0 Å². The van der Waals surface area contributed by atoms with Crippen LogP contribution in [0, 0.1) is 5.92 Å². The molecule has 0 radical (unpaired) electrons. The Hall–Kier alpha value is -1.39. The predicted octanol–water partition coefficient (Wildman–Crippen LogP) is 2.54. The first-order chi connectivity index (χ1) is 12.2. The van der Waals surface area contributed by atoms with Crippen LogP contribution in [0.25, 0.3) is 0 Å². The van der Waals surface area contributed by atoms with Crippen molar-refractivity contribution in [2.75, 3.05) is 39.8 Å². The summed E-state index contributed by atoms with van der Waals surface area (Å²) in [7, 11) is 2.21. The topological polar surface area (TPSA) is 35.6 Å².